The Bertz CT molecular complexity index is 371. The zero-order chi connectivity index (χ0) is 19.2. The second-order valence-corrected chi connectivity index (χ2v) is 24.7. The van der Waals surface area contributed by atoms with E-state index in [0.717, 1.165) is 13.1 Å². The molecular formula is C17H42N2O2Si3. The largest absolute Gasteiger partial charge is 0.466 e. The van der Waals surface area contributed by atoms with E-state index in [4.69, 9.17) is 4.74 Å². The quantitative estimate of drug-likeness (QED) is 0.386. The average Bonchev–Trinajstić information content (AvgIpc) is 2.33. The molecule has 0 unspecified atom stereocenters. The third kappa shape index (κ3) is 9.50. The van der Waals surface area contributed by atoms with Gasteiger partial charge in [0, 0.05) is 6.54 Å². The first-order valence-electron chi connectivity index (χ1n) is 9.38. The lowest BCUT2D eigenvalue weighted by Gasteiger charge is -2.44. The van der Waals surface area contributed by atoms with Gasteiger partial charge in [-0.25, -0.2) is 0 Å². The molecule has 4 nitrogen and oxygen atoms in total. The number of ether oxygens (including phenoxy) is 1. The lowest BCUT2D eigenvalue weighted by molar-refractivity contribution is -0.143. The normalized spacial score (nSPS) is 13.7. The zero-order valence-electron chi connectivity index (χ0n) is 18.0. The number of carbonyl (C=O) groups excluding carboxylic acids is 1. The van der Waals surface area contributed by atoms with Gasteiger partial charge < -0.3 is 13.5 Å². The van der Waals surface area contributed by atoms with E-state index in [2.05, 4.69) is 67.7 Å². The molecule has 0 aliphatic rings. The number of hydrogen-bond acceptors (Lipinski definition) is 4. The molecule has 0 aliphatic carbocycles. The molecule has 7 heteroatoms. The van der Waals surface area contributed by atoms with E-state index in [1.807, 2.05) is 6.92 Å². The molecule has 0 amide bonds. The summed E-state index contributed by atoms with van der Waals surface area (Å²) in [7, 11) is -3.96. The Morgan fingerprint density at radius 1 is 0.792 bits per heavy atom. The van der Waals surface area contributed by atoms with Crippen molar-refractivity contribution in [2.75, 3.05) is 26.2 Å². The van der Waals surface area contributed by atoms with Crippen LogP contribution >= 0.6 is 0 Å². The molecule has 0 N–H and O–H groups in total. The molecule has 0 radical (unpaired) electrons. The second kappa shape index (κ2) is 9.66. The van der Waals surface area contributed by atoms with E-state index < -0.39 is 24.7 Å². The van der Waals surface area contributed by atoms with Crippen molar-refractivity contribution in [2.45, 2.75) is 78.7 Å². The van der Waals surface area contributed by atoms with E-state index in [9.17, 15) is 4.79 Å². The van der Waals surface area contributed by atoms with Gasteiger partial charge in [-0.15, -0.1) is 0 Å². The molecule has 0 bridgehead atoms. The highest BCUT2D eigenvalue weighted by Crippen LogP contribution is 2.20. The van der Waals surface area contributed by atoms with Crippen molar-refractivity contribution in [1.29, 1.82) is 0 Å². The monoisotopic (exact) mass is 390 g/mol. The fourth-order valence-corrected chi connectivity index (χ4v) is 14.7. The van der Waals surface area contributed by atoms with Crippen LogP contribution in [0.2, 0.25) is 58.9 Å². The van der Waals surface area contributed by atoms with Crippen LogP contribution in [-0.2, 0) is 9.53 Å². The van der Waals surface area contributed by atoms with E-state index in [0.29, 0.717) is 13.0 Å². The van der Waals surface area contributed by atoms with Crippen molar-refractivity contribution in [1.82, 2.24) is 8.80 Å². The summed E-state index contributed by atoms with van der Waals surface area (Å²) in [6, 6.07) is 0. The number of esters is 1. The van der Waals surface area contributed by atoms with Crippen molar-refractivity contribution < 1.29 is 9.53 Å². The Hall–Kier alpha value is 0.0406. The lowest BCUT2D eigenvalue weighted by atomic mass is 10.4. The first-order valence-corrected chi connectivity index (χ1v) is 19.7. The fraction of sp³-hybridized carbons (Fsp3) is 0.941. The second-order valence-electron chi connectivity index (χ2n) is 9.56. The van der Waals surface area contributed by atoms with E-state index in [-0.39, 0.29) is 5.97 Å². The maximum Gasteiger partial charge on any atom is 0.307 e. The number of nitrogens with zero attached hydrogens (tertiary/aromatic N) is 2. The Kier molecular flexibility index (Phi) is 9.68. The molecule has 24 heavy (non-hydrogen) atoms. The summed E-state index contributed by atoms with van der Waals surface area (Å²) in [5.74, 6) is -0.0634. The van der Waals surface area contributed by atoms with E-state index in [1.165, 1.54) is 13.0 Å². The maximum atomic E-state index is 11.7. The lowest BCUT2D eigenvalue weighted by Crippen LogP contribution is -2.59. The van der Waals surface area contributed by atoms with Crippen LogP contribution in [0, 0.1) is 0 Å². The highest BCUT2D eigenvalue weighted by molar-refractivity contribution is 6.89. The summed E-state index contributed by atoms with van der Waals surface area (Å²) in [5.41, 5.74) is 0. The smallest absolute Gasteiger partial charge is 0.307 e. The van der Waals surface area contributed by atoms with Crippen LogP contribution < -0.4 is 0 Å². The summed E-state index contributed by atoms with van der Waals surface area (Å²) in [6.45, 7) is 27.4. The third-order valence-electron chi connectivity index (χ3n) is 4.27. The van der Waals surface area contributed by atoms with Gasteiger partial charge in [-0.3, -0.25) is 4.79 Å². The average molecular weight is 391 g/mol. The summed E-state index contributed by atoms with van der Waals surface area (Å²) in [6.07, 6.45) is 1.71. The Morgan fingerprint density at radius 2 is 1.29 bits per heavy atom. The Balaban J connectivity index is 4.69. The highest BCUT2D eigenvalue weighted by atomic mass is 28.4. The zero-order valence-corrected chi connectivity index (χ0v) is 21.0. The molecule has 0 aliphatic heterocycles. The third-order valence-corrected chi connectivity index (χ3v) is 14.3. The molecule has 0 heterocycles. The molecule has 0 fully saturated rings. The molecule has 0 aromatic heterocycles. The summed E-state index contributed by atoms with van der Waals surface area (Å²) < 4.78 is 10.5. The molecule has 0 aromatic carbocycles. The minimum Gasteiger partial charge on any atom is -0.466 e. The minimum absolute atomic E-state index is 0.0634. The highest BCUT2D eigenvalue weighted by Gasteiger charge is 2.34. The van der Waals surface area contributed by atoms with Crippen LogP contribution in [0.1, 0.15) is 19.8 Å². The van der Waals surface area contributed by atoms with Gasteiger partial charge >= 0.3 is 5.97 Å². The Morgan fingerprint density at radius 3 is 1.67 bits per heavy atom. The van der Waals surface area contributed by atoms with Crippen LogP contribution in [0.5, 0.6) is 0 Å². The van der Waals surface area contributed by atoms with Crippen molar-refractivity contribution in [3.8, 4) is 0 Å². The van der Waals surface area contributed by atoms with Crippen molar-refractivity contribution in [3.63, 3.8) is 0 Å². The molecular weight excluding hydrogens is 348 g/mol. The molecule has 0 rings (SSSR count). The number of hydrogen-bond donors (Lipinski definition) is 0. The number of carbonyl (C=O) groups is 1. The molecule has 0 saturated heterocycles. The van der Waals surface area contributed by atoms with Crippen LogP contribution in [0.15, 0.2) is 0 Å². The summed E-state index contributed by atoms with van der Waals surface area (Å²) in [5, 5.41) is 0. The molecule has 0 spiro atoms. The number of rotatable bonds is 11. The predicted octanol–water partition coefficient (Wildman–Crippen LogP) is 4.44. The van der Waals surface area contributed by atoms with E-state index >= 15 is 0 Å². The van der Waals surface area contributed by atoms with Crippen molar-refractivity contribution in [2.24, 2.45) is 0 Å². The minimum atomic E-state index is -1.41. The van der Waals surface area contributed by atoms with Gasteiger partial charge in [-0.05, 0) is 26.4 Å². The van der Waals surface area contributed by atoms with Crippen LogP contribution in [0.25, 0.3) is 0 Å². The maximum absolute atomic E-state index is 11.7. The van der Waals surface area contributed by atoms with Crippen LogP contribution in [0.3, 0.4) is 0 Å². The molecule has 0 aromatic rings. The first-order chi connectivity index (χ1) is 10.7. The van der Waals surface area contributed by atoms with E-state index in [1.54, 1.807) is 0 Å². The Labute approximate surface area is 154 Å². The SMILES string of the molecule is CCOC(=O)CCN(CCCN([Si](C)(C)C)[Si](C)(C)C)[Si](C)(C)C. The fourth-order valence-electron chi connectivity index (χ4n) is 3.34. The molecule has 144 valence electrons. The van der Waals surface area contributed by atoms with Crippen LogP contribution in [0.4, 0.5) is 0 Å². The topological polar surface area (TPSA) is 32.8 Å². The summed E-state index contributed by atoms with van der Waals surface area (Å²) in [4.78, 5) is 11.7. The van der Waals surface area contributed by atoms with Gasteiger partial charge in [0.25, 0.3) is 0 Å². The van der Waals surface area contributed by atoms with Gasteiger partial charge in [-0.2, -0.15) is 0 Å². The van der Waals surface area contributed by atoms with Crippen molar-refractivity contribution in [3.05, 3.63) is 0 Å². The summed E-state index contributed by atoms with van der Waals surface area (Å²) >= 11 is 0. The first kappa shape index (κ1) is 24.0. The van der Waals surface area contributed by atoms with Gasteiger partial charge in [0.2, 0.25) is 0 Å². The van der Waals surface area contributed by atoms with Crippen LogP contribution in [-0.4, -0.2) is 65.7 Å². The standard InChI is InChI=1S/C17H42N2O2Si3/c1-11-21-17(20)13-16-18(22(2,3)4)14-12-15-19(23(5,6)7)24(8,9)10/h11-16H2,1-10H3. The van der Waals surface area contributed by atoms with Gasteiger partial charge in [0.15, 0.2) is 0 Å². The predicted molar refractivity (Wildman–Crippen MR) is 114 cm³/mol. The van der Waals surface area contributed by atoms with Crippen molar-refractivity contribution >= 4 is 30.7 Å². The van der Waals surface area contributed by atoms with Gasteiger partial charge in [0.05, 0.1) is 13.0 Å². The van der Waals surface area contributed by atoms with Gasteiger partial charge in [-0.1, -0.05) is 58.9 Å². The molecule has 0 saturated carbocycles. The molecule has 0 atom stereocenters. The van der Waals surface area contributed by atoms with Gasteiger partial charge in [0.1, 0.15) is 24.7 Å².